The van der Waals surface area contributed by atoms with Crippen LogP contribution in [-0.2, 0) is 19.8 Å². The van der Waals surface area contributed by atoms with Gasteiger partial charge in [0.2, 0.25) is 11.8 Å². The lowest BCUT2D eigenvalue weighted by atomic mass is 9.63. The molecule has 0 aromatic heterocycles. The van der Waals surface area contributed by atoms with E-state index in [1.807, 2.05) is 0 Å². The Bertz CT molecular complexity index is 774. The van der Waals surface area contributed by atoms with Crippen LogP contribution < -0.4 is 0 Å². The molecule has 1 aromatic rings. The number of benzene rings is 1. The van der Waals surface area contributed by atoms with Gasteiger partial charge in [0, 0.05) is 25.7 Å². The van der Waals surface area contributed by atoms with Crippen LogP contribution in [0, 0.1) is 17.6 Å². The van der Waals surface area contributed by atoms with Crippen molar-refractivity contribution in [3.63, 3.8) is 0 Å². The van der Waals surface area contributed by atoms with Crippen molar-refractivity contribution in [2.45, 2.75) is 37.5 Å². The number of nitrogens with zero attached hydrogens (tertiary/aromatic N) is 2. The normalized spacial score (nSPS) is 21.0. The van der Waals surface area contributed by atoms with Crippen molar-refractivity contribution in [3.8, 4) is 0 Å². The van der Waals surface area contributed by atoms with Crippen LogP contribution in [-0.4, -0.2) is 59.4 Å². The number of carboxylic acid groups (broad SMARTS) is 1. The predicted octanol–water partition coefficient (Wildman–Crippen LogP) is 2.17. The summed E-state index contributed by atoms with van der Waals surface area (Å²) in [6.07, 6.45) is 2.43. The number of halogens is 2. The summed E-state index contributed by atoms with van der Waals surface area (Å²) in [4.78, 5) is 39.5. The zero-order valence-corrected chi connectivity index (χ0v) is 15.8. The fourth-order valence-electron chi connectivity index (χ4n) is 4.20. The van der Waals surface area contributed by atoms with Gasteiger partial charge in [0.25, 0.3) is 0 Å². The van der Waals surface area contributed by atoms with E-state index in [0.717, 1.165) is 12.1 Å². The maximum atomic E-state index is 14.3. The molecule has 1 heterocycles. The summed E-state index contributed by atoms with van der Waals surface area (Å²) in [7, 11) is 1.44. The molecule has 2 fully saturated rings. The summed E-state index contributed by atoms with van der Waals surface area (Å²) in [5.41, 5.74) is -1.51. The van der Waals surface area contributed by atoms with E-state index in [4.69, 9.17) is 5.11 Å². The Hall–Kier alpha value is -2.51. The van der Waals surface area contributed by atoms with E-state index in [2.05, 4.69) is 0 Å². The van der Waals surface area contributed by atoms with Crippen LogP contribution in [0.5, 0.6) is 0 Å². The predicted molar refractivity (Wildman–Crippen MR) is 96.5 cm³/mol. The number of amides is 2. The van der Waals surface area contributed by atoms with E-state index < -0.39 is 34.8 Å². The Morgan fingerprint density at radius 3 is 2.39 bits per heavy atom. The zero-order valence-electron chi connectivity index (χ0n) is 15.8. The third-order valence-corrected chi connectivity index (χ3v) is 5.90. The van der Waals surface area contributed by atoms with E-state index in [-0.39, 0.29) is 24.6 Å². The second-order valence-corrected chi connectivity index (χ2v) is 7.71. The first-order valence-electron chi connectivity index (χ1n) is 9.47. The highest BCUT2D eigenvalue weighted by Crippen LogP contribution is 2.47. The minimum Gasteiger partial charge on any atom is -0.481 e. The summed E-state index contributed by atoms with van der Waals surface area (Å²) < 4.78 is 28.6. The summed E-state index contributed by atoms with van der Waals surface area (Å²) in [6, 6.07) is 3.53. The first kappa shape index (κ1) is 20.2. The lowest BCUT2D eigenvalue weighted by Gasteiger charge is -2.43. The summed E-state index contributed by atoms with van der Waals surface area (Å²) in [6.45, 7) is 0.310. The molecule has 0 spiro atoms. The molecule has 2 amide bonds. The van der Waals surface area contributed by atoms with Gasteiger partial charge in [0.15, 0.2) is 0 Å². The molecule has 6 nitrogen and oxygen atoms in total. The van der Waals surface area contributed by atoms with Gasteiger partial charge in [-0.25, -0.2) is 8.78 Å². The largest absolute Gasteiger partial charge is 0.481 e. The number of rotatable bonds is 5. The Kier molecular flexibility index (Phi) is 5.67. The van der Waals surface area contributed by atoms with Crippen LogP contribution in [0.1, 0.15) is 37.7 Å². The fourth-order valence-corrected chi connectivity index (χ4v) is 4.20. The molecule has 1 atom stereocenters. The lowest BCUT2D eigenvalue weighted by Crippen LogP contribution is -2.54. The molecule has 152 valence electrons. The number of carbonyl (C=O) groups excluding carboxylic acids is 2. The molecule has 28 heavy (non-hydrogen) atoms. The molecule has 2 aliphatic rings. The number of likely N-dealkylation sites (N-methyl/N-ethyl adjacent to an activating group) is 1. The van der Waals surface area contributed by atoms with Gasteiger partial charge in [0.1, 0.15) is 11.6 Å². The molecule has 1 aliphatic heterocycles. The van der Waals surface area contributed by atoms with Gasteiger partial charge in [-0.1, -0.05) is 12.5 Å². The number of piperidine rings is 1. The van der Waals surface area contributed by atoms with Crippen molar-refractivity contribution in [1.29, 1.82) is 0 Å². The van der Waals surface area contributed by atoms with E-state index in [1.165, 1.54) is 22.9 Å². The highest BCUT2D eigenvalue weighted by molar-refractivity contribution is 5.92. The van der Waals surface area contributed by atoms with E-state index in [9.17, 15) is 23.2 Å². The maximum absolute atomic E-state index is 14.3. The Morgan fingerprint density at radius 2 is 1.86 bits per heavy atom. The summed E-state index contributed by atoms with van der Waals surface area (Å²) in [5.74, 6) is -3.90. The minimum absolute atomic E-state index is 0.114. The Labute approximate surface area is 162 Å². The molecule has 0 bridgehead atoms. The average Bonchev–Trinajstić information content (AvgIpc) is 2.62. The van der Waals surface area contributed by atoms with Crippen LogP contribution in [0.25, 0.3) is 0 Å². The van der Waals surface area contributed by atoms with Crippen molar-refractivity contribution < 1.29 is 28.3 Å². The SMILES string of the molecule is CN(CC(=O)N1CCCC(C(=O)O)C1)C(=O)C1(c2c(F)cccc2F)CCC1. The molecule has 1 aliphatic carbocycles. The Morgan fingerprint density at radius 1 is 1.21 bits per heavy atom. The van der Waals surface area contributed by atoms with E-state index >= 15 is 0 Å². The number of hydrogen-bond acceptors (Lipinski definition) is 3. The van der Waals surface area contributed by atoms with E-state index in [0.29, 0.717) is 38.6 Å². The van der Waals surface area contributed by atoms with Crippen LogP contribution in [0.4, 0.5) is 8.78 Å². The molecule has 1 N–H and O–H groups in total. The van der Waals surface area contributed by atoms with Crippen molar-refractivity contribution in [2.75, 3.05) is 26.7 Å². The molecule has 3 rings (SSSR count). The monoisotopic (exact) mass is 394 g/mol. The standard InChI is InChI=1S/C20H24F2N2O4/c1-23(12-16(25)24-10-3-5-13(11-24)18(26)27)19(28)20(8-4-9-20)17-14(21)6-2-7-15(17)22/h2,6-7,13H,3-5,8-12H2,1H3,(H,26,27). The first-order valence-corrected chi connectivity index (χ1v) is 9.47. The molecule has 1 saturated heterocycles. The average molecular weight is 394 g/mol. The molecule has 8 heteroatoms. The first-order chi connectivity index (χ1) is 13.3. The minimum atomic E-state index is -1.28. The van der Waals surface area contributed by atoms with Crippen LogP contribution in [0.2, 0.25) is 0 Å². The quantitative estimate of drug-likeness (QED) is 0.830. The maximum Gasteiger partial charge on any atom is 0.308 e. The molecule has 1 saturated carbocycles. The van der Waals surface area contributed by atoms with Crippen molar-refractivity contribution in [1.82, 2.24) is 9.80 Å². The highest BCUT2D eigenvalue weighted by Gasteiger charge is 2.50. The topological polar surface area (TPSA) is 77.9 Å². The summed E-state index contributed by atoms with van der Waals surface area (Å²) in [5, 5.41) is 9.16. The van der Waals surface area contributed by atoms with Crippen molar-refractivity contribution >= 4 is 17.8 Å². The lowest BCUT2D eigenvalue weighted by molar-refractivity contribution is -0.149. The van der Waals surface area contributed by atoms with Crippen LogP contribution >= 0.6 is 0 Å². The van der Waals surface area contributed by atoms with Crippen LogP contribution in [0.15, 0.2) is 18.2 Å². The fraction of sp³-hybridized carbons (Fsp3) is 0.550. The summed E-state index contributed by atoms with van der Waals surface area (Å²) >= 11 is 0. The van der Waals surface area contributed by atoms with Gasteiger partial charge in [0.05, 0.1) is 17.9 Å². The zero-order chi connectivity index (χ0) is 20.5. The molecule has 0 radical (unpaired) electrons. The van der Waals surface area contributed by atoms with Crippen LogP contribution in [0.3, 0.4) is 0 Å². The smallest absolute Gasteiger partial charge is 0.308 e. The number of aliphatic carboxylic acids is 1. The van der Waals surface area contributed by atoms with Gasteiger partial charge >= 0.3 is 5.97 Å². The molecule has 1 aromatic carbocycles. The number of likely N-dealkylation sites (tertiary alicyclic amines) is 1. The number of carbonyl (C=O) groups is 3. The van der Waals surface area contributed by atoms with Gasteiger partial charge in [-0.05, 0) is 37.8 Å². The van der Waals surface area contributed by atoms with Gasteiger partial charge in [-0.2, -0.15) is 0 Å². The second-order valence-electron chi connectivity index (χ2n) is 7.71. The second kappa shape index (κ2) is 7.85. The van der Waals surface area contributed by atoms with Gasteiger partial charge in [-0.3, -0.25) is 14.4 Å². The van der Waals surface area contributed by atoms with Crippen molar-refractivity contribution in [3.05, 3.63) is 35.4 Å². The number of hydrogen-bond donors (Lipinski definition) is 1. The highest BCUT2D eigenvalue weighted by atomic mass is 19.1. The Balaban J connectivity index is 1.73. The number of carboxylic acids is 1. The van der Waals surface area contributed by atoms with Crippen molar-refractivity contribution in [2.24, 2.45) is 5.92 Å². The van der Waals surface area contributed by atoms with Gasteiger partial charge < -0.3 is 14.9 Å². The molecule has 1 unspecified atom stereocenters. The van der Waals surface area contributed by atoms with E-state index in [1.54, 1.807) is 0 Å². The third kappa shape index (κ3) is 3.59. The van der Waals surface area contributed by atoms with Gasteiger partial charge in [-0.15, -0.1) is 0 Å². The third-order valence-electron chi connectivity index (χ3n) is 5.90. The molecular formula is C20H24F2N2O4. The molecular weight excluding hydrogens is 370 g/mol.